The number of para-hydroxylation sites is 1. The molecule has 1 amide bonds. The van der Waals surface area contributed by atoms with Crippen LogP contribution in [0.4, 0.5) is 5.82 Å². The second-order valence-corrected chi connectivity index (χ2v) is 5.37. The number of benzene rings is 1. The van der Waals surface area contributed by atoms with E-state index in [-0.39, 0.29) is 18.7 Å². The average molecular weight is 314 g/mol. The highest BCUT2D eigenvalue weighted by Crippen LogP contribution is 2.14. The Morgan fingerprint density at radius 2 is 1.96 bits per heavy atom. The number of nitrogens with one attached hydrogen (secondary N) is 1. The second kappa shape index (κ2) is 8.12. The van der Waals surface area contributed by atoms with Gasteiger partial charge in [0.15, 0.2) is 5.82 Å². The minimum absolute atomic E-state index is 0.136. The van der Waals surface area contributed by atoms with E-state index in [9.17, 15) is 14.7 Å². The molecule has 0 radical (unpaired) electrons. The Morgan fingerprint density at radius 3 is 2.61 bits per heavy atom. The van der Waals surface area contributed by atoms with Crippen molar-refractivity contribution in [3.05, 3.63) is 42.6 Å². The van der Waals surface area contributed by atoms with Crippen LogP contribution in [0.2, 0.25) is 0 Å². The summed E-state index contributed by atoms with van der Waals surface area (Å²) in [4.78, 5) is 22.9. The highest BCUT2D eigenvalue weighted by Gasteiger charge is 2.12. The van der Waals surface area contributed by atoms with Crippen molar-refractivity contribution in [1.82, 2.24) is 9.78 Å². The molecule has 0 unspecified atom stereocenters. The zero-order chi connectivity index (χ0) is 16.7. The van der Waals surface area contributed by atoms with Crippen LogP contribution in [0.3, 0.4) is 0 Å². The van der Waals surface area contributed by atoms with Crippen LogP contribution in [0.25, 0.3) is 5.69 Å². The van der Waals surface area contributed by atoms with Crippen LogP contribution in [0.1, 0.15) is 32.6 Å². The number of hydrogen-bond donors (Lipinski definition) is 1. The minimum Gasteiger partial charge on any atom is -0.550 e. The number of carboxylic acid groups (broad SMARTS) is 1. The van der Waals surface area contributed by atoms with Crippen molar-refractivity contribution in [2.45, 2.75) is 32.6 Å². The maximum absolute atomic E-state index is 11.9. The summed E-state index contributed by atoms with van der Waals surface area (Å²) < 4.78 is 1.66. The average Bonchev–Trinajstić information content (AvgIpc) is 3.00. The van der Waals surface area contributed by atoms with E-state index in [0.29, 0.717) is 12.2 Å². The van der Waals surface area contributed by atoms with Crippen LogP contribution in [0.15, 0.2) is 42.6 Å². The SMILES string of the molecule is CCC[C@H](CCC(=O)Nc1ccn(-c2ccccc2)n1)C(=O)[O-]. The van der Waals surface area contributed by atoms with Crippen molar-refractivity contribution in [3.63, 3.8) is 0 Å². The lowest BCUT2D eigenvalue weighted by Gasteiger charge is -2.16. The van der Waals surface area contributed by atoms with Gasteiger partial charge in [-0.05, 0) is 30.9 Å². The van der Waals surface area contributed by atoms with E-state index in [4.69, 9.17) is 0 Å². The quantitative estimate of drug-likeness (QED) is 0.804. The third kappa shape index (κ3) is 4.95. The predicted molar refractivity (Wildman–Crippen MR) is 84.8 cm³/mol. The van der Waals surface area contributed by atoms with Gasteiger partial charge in [0.2, 0.25) is 5.91 Å². The maximum Gasteiger partial charge on any atom is 0.225 e. The van der Waals surface area contributed by atoms with Crippen molar-refractivity contribution >= 4 is 17.7 Å². The van der Waals surface area contributed by atoms with Gasteiger partial charge in [0.1, 0.15) is 0 Å². The summed E-state index contributed by atoms with van der Waals surface area (Å²) in [6, 6.07) is 11.3. The molecular weight excluding hydrogens is 294 g/mol. The molecule has 0 spiro atoms. The Balaban J connectivity index is 1.88. The van der Waals surface area contributed by atoms with Gasteiger partial charge in [-0.2, -0.15) is 5.10 Å². The number of rotatable bonds is 8. The molecule has 23 heavy (non-hydrogen) atoms. The van der Waals surface area contributed by atoms with Gasteiger partial charge < -0.3 is 15.2 Å². The smallest absolute Gasteiger partial charge is 0.225 e. The van der Waals surface area contributed by atoms with E-state index in [2.05, 4.69) is 10.4 Å². The fraction of sp³-hybridized carbons (Fsp3) is 0.353. The Morgan fingerprint density at radius 1 is 1.22 bits per heavy atom. The minimum atomic E-state index is -1.09. The Labute approximate surface area is 135 Å². The molecule has 2 aromatic rings. The summed E-state index contributed by atoms with van der Waals surface area (Å²) in [5.41, 5.74) is 0.896. The van der Waals surface area contributed by atoms with Gasteiger partial charge in [0.25, 0.3) is 0 Å². The summed E-state index contributed by atoms with van der Waals surface area (Å²) in [6.45, 7) is 1.91. The molecule has 122 valence electrons. The van der Waals surface area contributed by atoms with Crippen molar-refractivity contribution < 1.29 is 14.7 Å². The van der Waals surface area contributed by atoms with Gasteiger partial charge in [0.05, 0.1) is 5.69 Å². The number of aliphatic carboxylic acids is 1. The number of hydrogen-bond acceptors (Lipinski definition) is 4. The molecule has 1 atom stereocenters. The number of aromatic nitrogens is 2. The number of carbonyl (C=O) groups is 2. The lowest BCUT2D eigenvalue weighted by molar-refractivity contribution is -0.312. The fourth-order valence-electron chi connectivity index (χ4n) is 2.35. The predicted octanol–water partition coefficient (Wildman–Crippen LogP) is 1.76. The van der Waals surface area contributed by atoms with Crippen LogP contribution in [0.5, 0.6) is 0 Å². The van der Waals surface area contributed by atoms with Crippen LogP contribution in [0, 0.1) is 5.92 Å². The molecule has 6 nitrogen and oxygen atoms in total. The highest BCUT2D eigenvalue weighted by atomic mass is 16.4. The largest absolute Gasteiger partial charge is 0.550 e. The Kier molecular flexibility index (Phi) is 5.91. The monoisotopic (exact) mass is 314 g/mol. The molecule has 0 aliphatic carbocycles. The molecule has 0 aliphatic rings. The van der Waals surface area contributed by atoms with E-state index in [0.717, 1.165) is 12.1 Å². The number of carboxylic acids is 1. The van der Waals surface area contributed by atoms with E-state index in [1.54, 1.807) is 16.9 Å². The van der Waals surface area contributed by atoms with E-state index in [1.165, 1.54) is 0 Å². The van der Waals surface area contributed by atoms with Gasteiger partial charge in [-0.25, -0.2) is 4.68 Å². The van der Waals surface area contributed by atoms with Gasteiger partial charge in [-0.3, -0.25) is 4.79 Å². The number of amides is 1. The molecule has 1 N–H and O–H groups in total. The standard InChI is InChI=1S/C17H21N3O3/c1-2-6-13(17(22)23)9-10-16(21)18-15-11-12-20(19-15)14-7-4-3-5-8-14/h3-5,7-8,11-13H,2,6,9-10H2,1H3,(H,22,23)(H,18,19,21)/p-1/t13-/m1/s1. The van der Waals surface area contributed by atoms with Crippen LogP contribution in [-0.2, 0) is 9.59 Å². The normalized spacial score (nSPS) is 11.9. The summed E-state index contributed by atoms with van der Waals surface area (Å²) in [5, 5.41) is 17.9. The molecule has 0 saturated carbocycles. The Hall–Kier alpha value is -2.63. The van der Waals surface area contributed by atoms with E-state index < -0.39 is 11.9 Å². The zero-order valence-corrected chi connectivity index (χ0v) is 13.1. The van der Waals surface area contributed by atoms with Crippen LogP contribution < -0.4 is 10.4 Å². The molecule has 2 rings (SSSR count). The first kappa shape index (κ1) is 16.7. The second-order valence-electron chi connectivity index (χ2n) is 5.37. The van der Waals surface area contributed by atoms with Crippen molar-refractivity contribution in [1.29, 1.82) is 0 Å². The van der Waals surface area contributed by atoms with E-state index in [1.807, 2.05) is 37.3 Å². The summed E-state index contributed by atoms with van der Waals surface area (Å²) in [5.74, 6) is -1.47. The summed E-state index contributed by atoms with van der Waals surface area (Å²) in [6.07, 6.45) is 3.45. The van der Waals surface area contributed by atoms with Crippen molar-refractivity contribution in [2.24, 2.45) is 5.92 Å². The van der Waals surface area contributed by atoms with E-state index >= 15 is 0 Å². The molecular formula is C17H20N3O3-. The first-order valence-corrected chi connectivity index (χ1v) is 7.72. The zero-order valence-electron chi connectivity index (χ0n) is 13.1. The third-order valence-corrected chi connectivity index (χ3v) is 3.57. The molecule has 0 bridgehead atoms. The topological polar surface area (TPSA) is 87.0 Å². The Bertz CT molecular complexity index is 652. The van der Waals surface area contributed by atoms with Gasteiger partial charge in [-0.1, -0.05) is 31.5 Å². The first-order chi connectivity index (χ1) is 11.1. The van der Waals surface area contributed by atoms with Crippen molar-refractivity contribution in [3.8, 4) is 5.69 Å². The lowest BCUT2D eigenvalue weighted by Crippen LogP contribution is -2.32. The van der Waals surface area contributed by atoms with Gasteiger partial charge in [-0.15, -0.1) is 0 Å². The number of nitrogens with zero attached hydrogens (tertiary/aromatic N) is 2. The van der Waals surface area contributed by atoms with Crippen LogP contribution in [-0.4, -0.2) is 21.7 Å². The van der Waals surface area contributed by atoms with Crippen molar-refractivity contribution in [2.75, 3.05) is 5.32 Å². The molecule has 1 aromatic heterocycles. The first-order valence-electron chi connectivity index (χ1n) is 7.72. The molecule has 1 aromatic carbocycles. The van der Waals surface area contributed by atoms with Gasteiger partial charge >= 0.3 is 0 Å². The fourth-order valence-corrected chi connectivity index (χ4v) is 2.35. The number of anilines is 1. The lowest BCUT2D eigenvalue weighted by atomic mass is 9.98. The summed E-state index contributed by atoms with van der Waals surface area (Å²) in [7, 11) is 0. The molecule has 1 heterocycles. The number of carbonyl (C=O) groups excluding carboxylic acids is 2. The molecule has 0 aliphatic heterocycles. The summed E-state index contributed by atoms with van der Waals surface area (Å²) >= 11 is 0. The highest BCUT2D eigenvalue weighted by molar-refractivity contribution is 5.89. The molecule has 0 fully saturated rings. The third-order valence-electron chi connectivity index (χ3n) is 3.57. The molecule has 0 saturated heterocycles. The van der Waals surface area contributed by atoms with Gasteiger partial charge in [0, 0.05) is 24.7 Å². The van der Waals surface area contributed by atoms with Crippen LogP contribution >= 0.6 is 0 Å². The molecule has 6 heteroatoms. The maximum atomic E-state index is 11.9.